The van der Waals surface area contributed by atoms with Crippen LogP contribution in [0.4, 0.5) is 4.39 Å². The lowest BCUT2D eigenvalue weighted by atomic mass is 9.88. The standard InChI is InChI=1S/C17H19ClFN3O3/c1-11(16(24)25)22-7-5-17(10-20,6-8-22)21-15(23)9-12-13(18)3-2-4-14(12)19/h2-4,11H,5-9H2,1H3,(H,21,23)(H,24,25). The Morgan fingerprint density at radius 2 is 2.12 bits per heavy atom. The second kappa shape index (κ2) is 7.81. The van der Waals surface area contributed by atoms with Gasteiger partial charge in [-0.1, -0.05) is 17.7 Å². The Morgan fingerprint density at radius 1 is 1.48 bits per heavy atom. The summed E-state index contributed by atoms with van der Waals surface area (Å²) in [4.78, 5) is 25.1. The van der Waals surface area contributed by atoms with Gasteiger partial charge in [0.15, 0.2) is 0 Å². The normalized spacial score (nSPS) is 18.2. The third-order valence-corrected chi connectivity index (χ3v) is 4.90. The average Bonchev–Trinajstić information content (AvgIpc) is 2.58. The van der Waals surface area contributed by atoms with Gasteiger partial charge in [0.2, 0.25) is 5.91 Å². The number of carboxylic acids is 1. The van der Waals surface area contributed by atoms with E-state index in [1.165, 1.54) is 18.2 Å². The number of nitrogens with zero attached hydrogens (tertiary/aromatic N) is 2. The van der Waals surface area contributed by atoms with E-state index in [9.17, 15) is 19.2 Å². The van der Waals surface area contributed by atoms with Crippen molar-refractivity contribution < 1.29 is 19.1 Å². The minimum Gasteiger partial charge on any atom is -0.480 e. The fourth-order valence-corrected chi connectivity index (χ4v) is 3.12. The summed E-state index contributed by atoms with van der Waals surface area (Å²) >= 11 is 5.92. The Hall–Kier alpha value is -2.17. The number of piperidine rings is 1. The molecule has 2 N–H and O–H groups in total. The second-order valence-electron chi connectivity index (χ2n) is 6.17. The highest BCUT2D eigenvalue weighted by molar-refractivity contribution is 6.31. The number of nitrogens with one attached hydrogen (secondary N) is 1. The number of rotatable bonds is 5. The lowest BCUT2D eigenvalue weighted by Crippen LogP contribution is -2.57. The molecular formula is C17H19ClFN3O3. The Balaban J connectivity index is 2.02. The van der Waals surface area contributed by atoms with Crippen LogP contribution < -0.4 is 5.32 Å². The zero-order chi connectivity index (χ0) is 18.6. The molecule has 0 bridgehead atoms. The number of carboxylic acid groups (broad SMARTS) is 1. The summed E-state index contributed by atoms with van der Waals surface area (Å²) in [5, 5.41) is 21.4. The van der Waals surface area contributed by atoms with E-state index in [-0.39, 0.29) is 17.0 Å². The molecule has 1 aliphatic heterocycles. The van der Waals surface area contributed by atoms with Gasteiger partial charge >= 0.3 is 5.97 Å². The van der Waals surface area contributed by atoms with Gasteiger partial charge in [-0.05, 0) is 31.9 Å². The molecular weight excluding hydrogens is 349 g/mol. The van der Waals surface area contributed by atoms with Crippen LogP contribution in [0.5, 0.6) is 0 Å². The molecule has 1 heterocycles. The maximum atomic E-state index is 13.8. The third kappa shape index (κ3) is 4.47. The number of hydrogen-bond acceptors (Lipinski definition) is 4. The number of aliphatic carboxylic acids is 1. The predicted molar refractivity (Wildman–Crippen MR) is 89.5 cm³/mol. The van der Waals surface area contributed by atoms with Crippen molar-refractivity contribution in [2.75, 3.05) is 13.1 Å². The fourth-order valence-electron chi connectivity index (χ4n) is 2.89. The maximum Gasteiger partial charge on any atom is 0.320 e. The molecule has 1 fully saturated rings. The fraction of sp³-hybridized carbons (Fsp3) is 0.471. The Kier molecular flexibility index (Phi) is 5.98. The predicted octanol–water partition coefficient (Wildman–Crippen LogP) is 1.97. The number of hydrogen-bond donors (Lipinski definition) is 2. The van der Waals surface area contributed by atoms with Crippen molar-refractivity contribution in [3.63, 3.8) is 0 Å². The lowest BCUT2D eigenvalue weighted by molar-refractivity contribution is -0.143. The molecule has 0 spiro atoms. The molecule has 0 saturated carbocycles. The van der Waals surface area contributed by atoms with Crippen LogP contribution in [0.1, 0.15) is 25.3 Å². The van der Waals surface area contributed by atoms with Crippen LogP contribution in [-0.4, -0.2) is 46.6 Å². The van der Waals surface area contributed by atoms with Crippen LogP contribution >= 0.6 is 11.6 Å². The first-order valence-electron chi connectivity index (χ1n) is 7.90. The molecule has 0 radical (unpaired) electrons. The number of likely N-dealkylation sites (tertiary alicyclic amines) is 1. The number of amides is 1. The third-order valence-electron chi connectivity index (χ3n) is 4.55. The zero-order valence-electron chi connectivity index (χ0n) is 13.8. The van der Waals surface area contributed by atoms with Gasteiger partial charge < -0.3 is 10.4 Å². The number of carbonyl (C=O) groups excluding carboxylic acids is 1. The first-order valence-corrected chi connectivity index (χ1v) is 8.28. The SMILES string of the molecule is CC(C(=O)O)N1CCC(C#N)(NC(=O)Cc2c(F)cccc2Cl)CC1. The second-order valence-corrected chi connectivity index (χ2v) is 6.58. The van der Waals surface area contributed by atoms with Crippen molar-refractivity contribution in [3.8, 4) is 6.07 Å². The van der Waals surface area contributed by atoms with Gasteiger partial charge in [-0.3, -0.25) is 14.5 Å². The van der Waals surface area contributed by atoms with E-state index >= 15 is 0 Å². The smallest absolute Gasteiger partial charge is 0.320 e. The van der Waals surface area contributed by atoms with Gasteiger partial charge in [0, 0.05) is 23.7 Å². The van der Waals surface area contributed by atoms with Crippen LogP contribution in [0.25, 0.3) is 0 Å². The van der Waals surface area contributed by atoms with Crippen molar-refractivity contribution in [1.29, 1.82) is 5.26 Å². The minimum atomic E-state index is -1.08. The number of halogens is 2. The molecule has 0 aromatic heterocycles. The molecule has 8 heteroatoms. The van der Waals surface area contributed by atoms with Crippen LogP contribution in [0.3, 0.4) is 0 Å². The molecule has 2 rings (SSSR count). The van der Waals surface area contributed by atoms with Crippen LogP contribution in [0, 0.1) is 17.1 Å². The molecule has 134 valence electrons. The Bertz CT molecular complexity index is 691. The monoisotopic (exact) mass is 367 g/mol. The summed E-state index contributed by atoms with van der Waals surface area (Å²) in [7, 11) is 0. The highest BCUT2D eigenvalue weighted by atomic mass is 35.5. The van der Waals surface area contributed by atoms with Crippen molar-refractivity contribution >= 4 is 23.5 Å². The van der Waals surface area contributed by atoms with Crippen LogP contribution in [-0.2, 0) is 16.0 Å². The highest BCUT2D eigenvalue weighted by Gasteiger charge is 2.38. The quantitative estimate of drug-likeness (QED) is 0.829. The lowest BCUT2D eigenvalue weighted by Gasteiger charge is -2.39. The summed E-state index contributed by atoms with van der Waals surface area (Å²) in [6.07, 6.45) is 0.347. The highest BCUT2D eigenvalue weighted by Crippen LogP contribution is 2.24. The van der Waals surface area contributed by atoms with Crippen LogP contribution in [0.15, 0.2) is 18.2 Å². The summed E-state index contributed by atoms with van der Waals surface area (Å²) in [6.45, 7) is 2.34. The number of nitriles is 1. The first kappa shape index (κ1) is 19.2. The summed E-state index contributed by atoms with van der Waals surface area (Å²) in [6, 6.07) is 5.65. The molecule has 6 nitrogen and oxygen atoms in total. The summed E-state index contributed by atoms with van der Waals surface area (Å²) in [5.41, 5.74) is -0.990. The summed E-state index contributed by atoms with van der Waals surface area (Å²) < 4.78 is 13.8. The molecule has 1 aromatic carbocycles. The number of benzene rings is 1. The van der Waals surface area contributed by atoms with Gasteiger partial charge in [-0.25, -0.2) is 4.39 Å². The molecule has 1 aliphatic rings. The van der Waals surface area contributed by atoms with Gasteiger partial charge in [0.1, 0.15) is 17.4 Å². The van der Waals surface area contributed by atoms with Gasteiger partial charge in [-0.2, -0.15) is 5.26 Å². The molecule has 1 atom stereocenters. The van der Waals surface area contributed by atoms with Gasteiger partial charge in [0.05, 0.1) is 12.5 Å². The van der Waals surface area contributed by atoms with E-state index in [2.05, 4.69) is 11.4 Å². The molecule has 25 heavy (non-hydrogen) atoms. The van der Waals surface area contributed by atoms with E-state index in [1.807, 2.05) is 0 Å². The Labute approximate surface area is 150 Å². The Morgan fingerprint density at radius 3 is 2.64 bits per heavy atom. The van der Waals surface area contributed by atoms with E-state index in [4.69, 9.17) is 16.7 Å². The molecule has 1 saturated heterocycles. The van der Waals surface area contributed by atoms with E-state index in [1.54, 1.807) is 11.8 Å². The number of carbonyl (C=O) groups is 2. The largest absolute Gasteiger partial charge is 0.480 e. The molecule has 1 amide bonds. The molecule has 0 aliphatic carbocycles. The van der Waals surface area contributed by atoms with Gasteiger partial charge in [0.25, 0.3) is 0 Å². The van der Waals surface area contributed by atoms with Crippen LogP contribution in [0.2, 0.25) is 5.02 Å². The van der Waals surface area contributed by atoms with Crippen molar-refractivity contribution in [2.24, 2.45) is 0 Å². The summed E-state index contributed by atoms with van der Waals surface area (Å²) in [5.74, 6) is -1.99. The molecule has 1 aromatic rings. The zero-order valence-corrected chi connectivity index (χ0v) is 14.5. The first-order chi connectivity index (χ1) is 11.8. The van der Waals surface area contributed by atoms with E-state index < -0.39 is 29.3 Å². The minimum absolute atomic E-state index is 0.0895. The van der Waals surface area contributed by atoms with Crippen molar-refractivity contribution in [3.05, 3.63) is 34.6 Å². The van der Waals surface area contributed by atoms with Gasteiger partial charge in [-0.15, -0.1) is 0 Å². The van der Waals surface area contributed by atoms with E-state index in [0.29, 0.717) is 25.9 Å². The average molecular weight is 368 g/mol. The van der Waals surface area contributed by atoms with Crippen molar-refractivity contribution in [2.45, 2.75) is 37.8 Å². The molecule has 1 unspecified atom stereocenters. The topological polar surface area (TPSA) is 93.4 Å². The van der Waals surface area contributed by atoms with Crippen molar-refractivity contribution in [1.82, 2.24) is 10.2 Å². The maximum absolute atomic E-state index is 13.8. The van der Waals surface area contributed by atoms with E-state index in [0.717, 1.165) is 0 Å².